The van der Waals surface area contributed by atoms with Crippen LogP contribution in [0.1, 0.15) is 23.2 Å². The molecule has 0 bridgehead atoms. The van der Waals surface area contributed by atoms with Gasteiger partial charge in [0.05, 0.1) is 17.4 Å². The van der Waals surface area contributed by atoms with Crippen molar-refractivity contribution in [1.29, 1.82) is 0 Å². The molecule has 2 N–H and O–H groups in total. The van der Waals surface area contributed by atoms with Crippen LogP contribution in [0.5, 0.6) is 0 Å². The molecule has 1 unspecified atom stereocenters. The van der Waals surface area contributed by atoms with Crippen LogP contribution >= 0.6 is 0 Å². The number of carboxylic acid groups (broad SMARTS) is 1. The predicted molar refractivity (Wildman–Crippen MR) is 74.0 cm³/mol. The molecule has 0 saturated carbocycles. The van der Waals surface area contributed by atoms with Gasteiger partial charge in [-0.3, -0.25) is 0 Å². The molecule has 21 heavy (non-hydrogen) atoms. The van der Waals surface area contributed by atoms with Crippen LogP contribution in [0.25, 0.3) is 0 Å². The number of aromatic carboxylic acids is 1. The summed E-state index contributed by atoms with van der Waals surface area (Å²) in [7, 11) is 1.59. The van der Waals surface area contributed by atoms with Crippen molar-refractivity contribution in [2.45, 2.75) is 18.9 Å². The third kappa shape index (κ3) is 3.69. The number of anilines is 1. The Bertz CT molecular complexity index is 550. The minimum atomic E-state index is -1.29. The number of methoxy groups -OCH3 is 1. The second-order valence-electron chi connectivity index (χ2n) is 4.87. The lowest BCUT2D eigenvalue weighted by molar-refractivity contribution is 0.0458. The van der Waals surface area contributed by atoms with Crippen LogP contribution in [0, 0.1) is 5.82 Å². The van der Waals surface area contributed by atoms with E-state index in [-0.39, 0.29) is 17.4 Å². The van der Waals surface area contributed by atoms with Crippen molar-refractivity contribution in [3.05, 3.63) is 29.6 Å². The molecule has 1 atom stereocenters. The maximum atomic E-state index is 13.1. The Morgan fingerprint density at radius 1 is 1.48 bits per heavy atom. The molecule has 1 aliphatic rings. The number of ether oxygens (including phenoxy) is 1. The molecule has 0 radical (unpaired) electrons. The number of hydrogen-bond donors (Lipinski definition) is 2. The zero-order valence-electron chi connectivity index (χ0n) is 11.6. The highest BCUT2D eigenvalue weighted by Gasteiger charge is 2.24. The van der Waals surface area contributed by atoms with Crippen LogP contribution in [0.3, 0.4) is 0 Å². The van der Waals surface area contributed by atoms with Gasteiger partial charge < -0.3 is 20.1 Å². The molecule has 114 valence electrons. The van der Waals surface area contributed by atoms with Crippen molar-refractivity contribution < 1.29 is 23.8 Å². The van der Waals surface area contributed by atoms with Crippen molar-refractivity contribution in [2.75, 3.05) is 25.5 Å². The Morgan fingerprint density at radius 2 is 2.24 bits per heavy atom. The number of benzene rings is 1. The number of nitrogens with zero attached hydrogens (tertiary/aromatic N) is 1. The molecule has 7 heteroatoms. The first-order valence-corrected chi connectivity index (χ1v) is 6.63. The van der Waals surface area contributed by atoms with Crippen LogP contribution in [0.4, 0.5) is 14.9 Å². The Balaban J connectivity index is 2.11. The molecule has 0 aliphatic carbocycles. The number of amides is 2. The first-order chi connectivity index (χ1) is 10.0. The highest BCUT2D eigenvalue weighted by atomic mass is 19.1. The third-order valence-electron chi connectivity index (χ3n) is 3.45. The molecule has 1 aliphatic heterocycles. The second-order valence-corrected chi connectivity index (χ2v) is 4.87. The van der Waals surface area contributed by atoms with Gasteiger partial charge in [-0.2, -0.15) is 0 Å². The van der Waals surface area contributed by atoms with Crippen LogP contribution in [0.2, 0.25) is 0 Å². The fourth-order valence-corrected chi connectivity index (χ4v) is 2.31. The minimum absolute atomic E-state index is 0.0170. The Labute approximate surface area is 121 Å². The van der Waals surface area contributed by atoms with Crippen LogP contribution in [-0.4, -0.2) is 48.3 Å². The molecule has 1 saturated heterocycles. The number of carboxylic acids is 1. The number of piperidine rings is 1. The van der Waals surface area contributed by atoms with Crippen molar-refractivity contribution >= 4 is 17.7 Å². The fourth-order valence-electron chi connectivity index (χ4n) is 2.31. The number of urea groups is 1. The van der Waals surface area contributed by atoms with Gasteiger partial charge in [0, 0.05) is 20.2 Å². The van der Waals surface area contributed by atoms with Gasteiger partial charge >= 0.3 is 12.0 Å². The third-order valence-corrected chi connectivity index (χ3v) is 3.45. The van der Waals surface area contributed by atoms with Gasteiger partial charge in [-0.15, -0.1) is 0 Å². The number of carbonyl (C=O) groups excluding carboxylic acids is 1. The van der Waals surface area contributed by atoms with E-state index in [1.54, 1.807) is 12.0 Å². The highest BCUT2D eigenvalue weighted by Crippen LogP contribution is 2.19. The summed E-state index contributed by atoms with van der Waals surface area (Å²) in [5.41, 5.74) is -0.197. The Morgan fingerprint density at radius 3 is 2.90 bits per heavy atom. The molecule has 1 aromatic carbocycles. The van der Waals surface area contributed by atoms with Crippen molar-refractivity contribution in [1.82, 2.24) is 4.90 Å². The van der Waals surface area contributed by atoms with E-state index in [4.69, 9.17) is 9.84 Å². The summed E-state index contributed by atoms with van der Waals surface area (Å²) in [6.45, 7) is 1.03. The lowest BCUT2D eigenvalue weighted by Gasteiger charge is -2.32. The zero-order valence-corrected chi connectivity index (χ0v) is 11.6. The van der Waals surface area contributed by atoms with Crippen LogP contribution in [0.15, 0.2) is 18.2 Å². The van der Waals surface area contributed by atoms with Gasteiger partial charge in [0.1, 0.15) is 5.82 Å². The molecule has 2 amide bonds. The Kier molecular flexibility index (Phi) is 4.74. The van der Waals surface area contributed by atoms with E-state index in [0.29, 0.717) is 13.1 Å². The van der Waals surface area contributed by atoms with Gasteiger partial charge in [-0.25, -0.2) is 14.0 Å². The first-order valence-electron chi connectivity index (χ1n) is 6.63. The lowest BCUT2D eigenvalue weighted by Crippen LogP contribution is -2.45. The predicted octanol–water partition coefficient (Wildman–Crippen LogP) is 2.17. The number of likely N-dealkylation sites (tertiary alicyclic amines) is 1. The molecule has 6 nitrogen and oxygen atoms in total. The van der Waals surface area contributed by atoms with Gasteiger partial charge in [0.25, 0.3) is 0 Å². The normalized spacial score (nSPS) is 18.4. The number of hydrogen-bond acceptors (Lipinski definition) is 3. The van der Waals surface area contributed by atoms with Crippen molar-refractivity contribution in [2.24, 2.45) is 0 Å². The van der Waals surface area contributed by atoms with Gasteiger partial charge in [-0.1, -0.05) is 0 Å². The molecular formula is C14H17FN2O4. The number of rotatable bonds is 3. The first kappa shape index (κ1) is 15.2. The quantitative estimate of drug-likeness (QED) is 0.896. The van der Waals surface area contributed by atoms with Gasteiger partial charge in [0.15, 0.2) is 0 Å². The number of halogens is 1. The van der Waals surface area contributed by atoms with Gasteiger partial charge in [-0.05, 0) is 31.0 Å². The summed E-state index contributed by atoms with van der Waals surface area (Å²) in [5.74, 6) is -1.96. The lowest BCUT2D eigenvalue weighted by atomic mass is 10.1. The monoisotopic (exact) mass is 296 g/mol. The van der Waals surface area contributed by atoms with E-state index < -0.39 is 17.8 Å². The summed E-state index contributed by atoms with van der Waals surface area (Å²) in [5, 5.41) is 11.6. The largest absolute Gasteiger partial charge is 0.478 e. The van der Waals surface area contributed by atoms with Crippen molar-refractivity contribution in [3.8, 4) is 0 Å². The molecule has 1 fully saturated rings. The highest BCUT2D eigenvalue weighted by molar-refractivity contribution is 6.00. The molecule has 1 heterocycles. The summed E-state index contributed by atoms with van der Waals surface area (Å²) in [6.07, 6.45) is 1.69. The average molecular weight is 296 g/mol. The van der Waals surface area contributed by atoms with Crippen LogP contribution < -0.4 is 5.32 Å². The minimum Gasteiger partial charge on any atom is -0.478 e. The van der Waals surface area contributed by atoms with E-state index in [0.717, 1.165) is 25.0 Å². The number of nitrogens with one attached hydrogen (secondary N) is 1. The summed E-state index contributed by atoms with van der Waals surface area (Å²) in [6, 6.07) is 2.82. The van der Waals surface area contributed by atoms with Crippen molar-refractivity contribution in [3.63, 3.8) is 0 Å². The molecule has 2 rings (SSSR count). The summed E-state index contributed by atoms with van der Waals surface area (Å²) < 4.78 is 18.3. The average Bonchev–Trinajstić information content (AvgIpc) is 2.48. The smallest absolute Gasteiger partial charge is 0.337 e. The maximum Gasteiger partial charge on any atom is 0.337 e. The van der Waals surface area contributed by atoms with E-state index in [9.17, 15) is 14.0 Å². The Hall–Kier alpha value is -2.15. The van der Waals surface area contributed by atoms with E-state index in [1.165, 1.54) is 6.07 Å². The molecule has 1 aromatic rings. The number of carbonyl (C=O) groups is 2. The van der Waals surface area contributed by atoms with E-state index >= 15 is 0 Å². The van der Waals surface area contributed by atoms with Crippen LogP contribution in [-0.2, 0) is 4.74 Å². The molecular weight excluding hydrogens is 279 g/mol. The van der Waals surface area contributed by atoms with Gasteiger partial charge in [0.2, 0.25) is 0 Å². The molecule has 0 spiro atoms. The maximum absolute atomic E-state index is 13.1. The van der Waals surface area contributed by atoms with E-state index in [2.05, 4.69) is 5.32 Å². The standard InChI is InChI=1S/C14H17FN2O4/c1-21-10-3-2-6-17(8-10)14(20)16-12-5-4-9(15)7-11(12)13(18)19/h4-5,7,10H,2-3,6,8H2,1H3,(H,16,20)(H,18,19). The molecule has 0 aromatic heterocycles. The SMILES string of the molecule is COC1CCCN(C(=O)Nc2ccc(F)cc2C(=O)O)C1. The van der Waals surface area contributed by atoms with E-state index in [1.807, 2.05) is 0 Å². The summed E-state index contributed by atoms with van der Waals surface area (Å²) >= 11 is 0. The zero-order chi connectivity index (χ0) is 15.4. The topological polar surface area (TPSA) is 78.9 Å². The second kappa shape index (κ2) is 6.53. The summed E-state index contributed by atoms with van der Waals surface area (Å²) in [4.78, 5) is 24.8. The fraction of sp³-hybridized carbons (Fsp3) is 0.429.